The van der Waals surface area contributed by atoms with E-state index < -0.39 is 55.4 Å². The molecule has 0 unspecified atom stereocenters. The number of para-hydroxylation sites is 1. The number of nitrogens with zero attached hydrogens (tertiary/aromatic N) is 6. The van der Waals surface area contributed by atoms with Gasteiger partial charge < -0.3 is 0 Å². The van der Waals surface area contributed by atoms with Crippen LogP contribution in [0.25, 0.3) is 11.0 Å². The molecule has 2 aromatic rings. The topological polar surface area (TPSA) is 395 Å². The lowest BCUT2D eigenvalue weighted by atomic mass is 10.3. The van der Waals surface area contributed by atoms with Gasteiger partial charge in [-0.15, -0.1) is 44.3 Å². The van der Waals surface area contributed by atoms with Gasteiger partial charge in [0.05, 0.1) is 0 Å². The molecule has 1 heterocycles. The zero-order valence-corrected chi connectivity index (χ0v) is 36.1. The molecule has 1 aromatic carbocycles. The second-order valence-electron chi connectivity index (χ2n) is 8.80. The van der Waals surface area contributed by atoms with Crippen molar-refractivity contribution in [1.82, 2.24) is 29.2 Å². The number of fused-ring (bicyclic) bond motifs is 1. The third kappa shape index (κ3) is 49.4. The van der Waals surface area contributed by atoms with Gasteiger partial charge in [0.15, 0.2) is 0 Å². The number of benzene rings is 1. The fourth-order valence-corrected chi connectivity index (χ4v) is 7.40. The van der Waals surface area contributed by atoms with Crippen molar-refractivity contribution in [3.63, 3.8) is 0 Å². The predicted octanol–water partition coefficient (Wildman–Crippen LogP) is 3.85. The van der Waals surface area contributed by atoms with E-state index in [9.17, 15) is 25.2 Å². The molecule has 2 rings (SSSR count). The number of rotatable bonds is 11. The highest BCUT2D eigenvalue weighted by Crippen LogP contribution is 2.65. The molecule has 0 saturated heterocycles. The zero-order valence-electron chi connectivity index (χ0n) is 29.9. The summed E-state index contributed by atoms with van der Waals surface area (Å²) in [5, 5.41) is 8.61. The first kappa shape index (κ1) is 64.4. The molecule has 0 atom stereocenters. The number of hydrogen-bond donors (Lipinski definition) is 12. The van der Waals surface area contributed by atoms with Crippen LogP contribution in [-0.2, 0) is 27.4 Å². The molecule has 38 heteroatoms. The van der Waals surface area contributed by atoms with E-state index in [1.54, 1.807) is 4.85 Å². The molecule has 0 radical (unpaired) electrons. The number of halogens is 6. The van der Waals surface area contributed by atoms with Crippen LogP contribution in [0.4, 0.5) is 25.2 Å². The molecular weight excluding hydrogens is 935 g/mol. The van der Waals surface area contributed by atoms with Crippen molar-refractivity contribution in [2.45, 2.75) is 41.5 Å². The van der Waals surface area contributed by atoms with Crippen molar-refractivity contribution in [3.05, 3.63) is 24.3 Å². The third-order valence-corrected chi connectivity index (χ3v) is 9.09. The van der Waals surface area contributed by atoms with Crippen LogP contribution < -0.4 is 4.62 Å². The minimum absolute atomic E-state index is 0.851. The summed E-state index contributed by atoms with van der Waals surface area (Å²) in [5.74, 6) is 0. The van der Waals surface area contributed by atoms with Crippen LogP contribution in [0, 0.1) is 0 Å². The summed E-state index contributed by atoms with van der Waals surface area (Å²) in [6.45, 7) is 18.7. The van der Waals surface area contributed by atoms with E-state index in [-0.39, 0.29) is 0 Å². The van der Waals surface area contributed by atoms with Gasteiger partial charge in [0.1, 0.15) is 11.0 Å². The Balaban J connectivity index is -0.000000233. The lowest BCUT2D eigenvalue weighted by Gasteiger charge is -2.42. The van der Waals surface area contributed by atoms with Gasteiger partial charge in [-0.05, 0) is 63.7 Å². The van der Waals surface area contributed by atoms with E-state index in [4.69, 9.17) is 90.7 Å². The molecule has 0 fully saturated rings. The van der Waals surface area contributed by atoms with Gasteiger partial charge in [0, 0.05) is 39.3 Å². The maximum atomic E-state index is 10.4. The van der Waals surface area contributed by atoms with Crippen molar-refractivity contribution in [3.8, 4) is 0 Å². The molecule has 0 aliphatic rings. The lowest BCUT2D eigenvalue weighted by Crippen LogP contribution is -2.49. The summed E-state index contributed by atoms with van der Waals surface area (Å²) >= 11 is 0. The molecule has 0 amide bonds. The Labute approximate surface area is 316 Å². The molecule has 0 saturated carbocycles. The Hall–Kier alpha value is -0.790. The highest BCUT2D eigenvalue weighted by atomic mass is 31.2. The lowest BCUT2D eigenvalue weighted by molar-refractivity contribution is 0.158. The van der Waals surface area contributed by atoms with Crippen molar-refractivity contribution < 1.29 is 116 Å². The monoisotopic (exact) mass is 981 g/mol. The maximum Gasteiger partial charge on any atom is 0.507 e. The number of aromatic nitrogens is 3. The van der Waals surface area contributed by atoms with Gasteiger partial charge >= 0.3 is 55.4 Å². The van der Waals surface area contributed by atoms with Crippen molar-refractivity contribution in [2.24, 2.45) is 0 Å². The van der Waals surface area contributed by atoms with Crippen LogP contribution in [0.15, 0.2) is 24.3 Å². The quantitative estimate of drug-likeness (QED) is 0.112. The van der Waals surface area contributed by atoms with Crippen LogP contribution in [0.1, 0.15) is 41.5 Å². The van der Waals surface area contributed by atoms with E-state index in [1.165, 1.54) is 0 Å². The minimum Gasteiger partial charge on any atom is -0.299 e. The first-order valence-corrected chi connectivity index (χ1v) is 24.9. The highest BCUT2D eigenvalue weighted by Gasteiger charge is 2.59. The van der Waals surface area contributed by atoms with Crippen LogP contribution in [0.5, 0.6) is 0 Å². The molecule has 12 N–H and O–H groups in total. The van der Waals surface area contributed by atoms with E-state index >= 15 is 0 Å². The van der Waals surface area contributed by atoms with Crippen LogP contribution in [0.2, 0.25) is 0 Å². The average molecular weight is 981 g/mol. The first-order valence-electron chi connectivity index (χ1n) is 14.3. The maximum absolute atomic E-state index is 10.4. The summed E-state index contributed by atoms with van der Waals surface area (Å²) in [7, 11) is -33.1. The Kier molecular flexibility index (Phi) is 33.8. The van der Waals surface area contributed by atoms with Crippen LogP contribution in [0.3, 0.4) is 0 Å². The molecular formula is C18H46F6N6O19P7+. The fraction of sp³-hybridized carbons (Fsp3) is 0.667. The Bertz CT molecular complexity index is 1390. The smallest absolute Gasteiger partial charge is 0.299 e. The molecule has 1 aromatic heterocycles. The molecule has 0 aliphatic carbocycles. The summed E-state index contributed by atoms with van der Waals surface area (Å²) in [5.41, 5.74) is 1.76. The molecule has 56 heavy (non-hydrogen) atoms. The molecule has 25 nitrogen and oxygen atoms in total. The van der Waals surface area contributed by atoms with Gasteiger partial charge in [-0.2, -0.15) is 4.62 Å². The summed E-state index contributed by atoms with van der Waals surface area (Å²) in [6, 6.07) is 7.95. The van der Waals surface area contributed by atoms with E-state index in [2.05, 4.69) is 65.9 Å². The predicted molar refractivity (Wildman–Crippen MR) is 189 cm³/mol. The van der Waals surface area contributed by atoms with E-state index in [0.29, 0.717) is 0 Å². The fourth-order valence-electron chi connectivity index (χ4n) is 3.48. The minimum atomic E-state index is -5.14. The molecule has 0 spiro atoms. The standard InChI is InChI=1S/C18H34N6OP.6FH2O3P/c1-7-21(8-2)26(22(9-3)10-4,23(11-5)12-6)25-24-18-16-14-13-15-17(18)19-20-24;6*1-5(2,3)4/h13-16H,7-12H2,1-6H3;6*(H2,2,3,4)/q+1;;;;;;. The summed E-state index contributed by atoms with van der Waals surface area (Å²) in [4.78, 5) is 85.2. The average Bonchev–Trinajstić information content (AvgIpc) is 3.32. The van der Waals surface area contributed by atoms with Gasteiger partial charge in [0.2, 0.25) is 0 Å². The summed E-state index contributed by atoms with van der Waals surface area (Å²) < 4.78 is 128. The van der Waals surface area contributed by atoms with Gasteiger partial charge in [-0.1, -0.05) is 12.1 Å². The van der Waals surface area contributed by atoms with Gasteiger partial charge in [0.25, 0.3) is 0 Å². The summed E-state index contributed by atoms with van der Waals surface area (Å²) in [6.07, 6.45) is 0. The Morgan fingerprint density at radius 1 is 0.518 bits per heavy atom. The first-order chi connectivity index (χ1) is 24.6. The van der Waals surface area contributed by atoms with Crippen LogP contribution >= 0.6 is 55.4 Å². The van der Waals surface area contributed by atoms with Crippen molar-refractivity contribution in [1.29, 1.82) is 0 Å². The zero-order chi connectivity index (χ0) is 46.2. The molecule has 0 aliphatic heterocycles. The van der Waals surface area contributed by atoms with Crippen molar-refractivity contribution in [2.75, 3.05) is 39.3 Å². The normalized spacial score (nSPS) is 12.2. The van der Waals surface area contributed by atoms with E-state index in [1.807, 2.05) is 24.3 Å². The SMILES string of the molecule is CCN(CC)[P+](On1nnc2ccccc21)(N(CC)CC)N(CC)CC.O=P(O)(O)F.O=P(O)(O)F.O=P(O)(O)F.O=P(O)(O)F.O=P(O)(O)F.O=P(O)(O)F. The second kappa shape index (κ2) is 29.4. The van der Waals surface area contributed by atoms with Crippen molar-refractivity contribution >= 4 is 66.4 Å². The van der Waals surface area contributed by atoms with Gasteiger partial charge in [-0.3, -0.25) is 58.7 Å². The third-order valence-electron chi connectivity index (χ3n) is 4.80. The second-order valence-corrected chi connectivity index (χ2v) is 17.4. The largest absolute Gasteiger partial charge is 0.507 e. The highest BCUT2D eigenvalue weighted by molar-refractivity contribution is 7.64. The van der Waals surface area contributed by atoms with Gasteiger partial charge in [-0.25, -0.2) is 27.4 Å². The number of hydrogen-bond acceptors (Lipinski definition) is 12. The molecule has 338 valence electrons. The molecule has 0 bridgehead atoms. The van der Waals surface area contributed by atoms with E-state index in [0.717, 1.165) is 50.3 Å². The van der Waals surface area contributed by atoms with Crippen LogP contribution in [-0.4, -0.2) is 127 Å². The Morgan fingerprint density at radius 2 is 0.732 bits per heavy atom. The Morgan fingerprint density at radius 3 is 0.946 bits per heavy atom.